The van der Waals surface area contributed by atoms with Crippen LogP contribution in [0.3, 0.4) is 0 Å². The van der Waals surface area contributed by atoms with Gasteiger partial charge in [0.1, 0.15) is 6.10 Å². The Hall–Kier alpha value is -0.363. The van der Waals surface area contributed by atoms with Crippen molar-refractivity contribution in [3.63, 3.8) is 0 Å². The number of hydrogen-bond donors (Lipinski definition) is 0. The Morgan fingerprint density at radius 1 is 1.12 bits per heavy atom. The molecule has 0 aromatic rings. The van der Waals surface area contributed by atoms with Gasteiger partial charge in [-0.2, -0.15) is 0 Å². The van der Waals surface area contributed by atoms with Crippen LogP contribution in [0, 0.1) is 11.8 Å². The van der Waals surface area contributed by atoms with E-state index in [0.29, 0.717) is 11.8 Å². The predicted octanol–water partition coefficient (Wildman–Crippen LogP) is 4.47. The molecule has 0 amide bonds. The molecule has 1 saturated heterocycles. The molecule has 138 valence electrons. The molecule has 24 heavy (non-hydrogen) atoms. The average Bonchev–Trinajstić information content (AvgIpc) is 2.90. The maximum absolute atomic E-state index is 6.87. The number of ether oxygens (including phenoxy) is 3. The predicted molar refractivity (Wildman–Crippen MR) is 97.2 cm³/mol. The molecule has 0 radical (unpaired) electrons. The van der Waals surface area contributed by atoms with E-state index >= 15 is 0 Å². The summed E-state index contributed by atoms with van der Waals surface area (Å²) in [4.78, 5) is 0. The normalized spacial score (nSPS) is 38.5. The van der Waals surface area contributed by atoms with Gasteiger partial charge in [-0.3, -0.25) is 0 Å². The first-order valence-electron chi connectivity index (χ1n) is 9.22. The molecule has 0 unspecified atom stereocenters. The molecular weight excluding hydrogens is 320 g/mol. The summed E-state index contributed by atoms with van der Waals surface area (Å²) in [5.74, 6) is 1.44. The van der Waals surface area contributed by atoms with Crippen molar-refractivity contribution in [2.24, 2.45) is 11.8 Å². The summed E-state index contributed by atoms with van der Waals surface area (Å²) in [6.45, 7) is 15.6. The van der Waals surface area contributed by atoms with Gasteiger partial charge >= 0.3 is 0 Å². The Morgan fingerprint density at radius 2 is 1.75 bits per heavy atom. The smallest absolute Gasteiger partial charge is 0.192 e. The molecule has 0 aromatic carbocycles. The van der Waals surface area contributed by atoms with Crippen molar-refractivity contribution < 1.29 is 18.6 Å². The van der Waals surface area contributed by atoms with Gasteiger partial charge in [-0.15, -0.1) is 0 Å². The van der Waals surface area contributed by atoms with Crippen LogP contribution in [0.1, 0.15) is 47.5 Å². The van der Waals surface area contributed by atoms with E-state index in [9.17, 15) is 0 Å². The molecule has 0 aromatic heterocycles. The largest absolute Gasteiger partial charge is 0.501 e. The summed E-state index contributed by atoms with van der Waals surface area (Å²) in [6.07, 6.45) is 4.42. The zero-order valence-electron chi connectivity index (χ0n) is 16.5. The molecule has 0 N–H and O–H groups in total. The zero-order valence-corrected chi connectivity index (χ0v) is 17.5. The van der Waals surface area contributed by atoms with Gasteiger partial charge in [0.05, 0.1) is 25.1 Å². The molecule has 2 aliphatic carbocycles. The lowest BCUT2D eigenvalue weighted by Gasteiger charge is -2.42. The molecule has 0 spiro atoms. The van der Waals surface area contributed by atoms with Crippen molar-refractivity contribution >= 4 is 8.32 Å². The summed E-state index contributed by atoms with van der Waals surface area (Å²) >= 11 is 0. The van der Waals surface area contributed by atoms with Gasteiger partial charge in [0.15, 0.2) is 14.1 Å². The van der Waals surface area contributed by atoms with E-state index < -0.39 is 14.1 Å². The Labute approximate surface area is 148 Å². The topological polar surface area (TPSA) is 36.9 Å². The van der Waals surface area contributed by atoms with Crippen LogP contribution in [0.4, 0.5) is 0 Å². The molecular formula is C19H34O4Si. The highest BCUT2D eigenvalue weighted by atomic mass is 28.4. The Balaban J connectivity index is 1.88. The number of rotatable bonds is 3. The van der Waals surface area contributed by atoms with Gasteiger partial charge in [-0.25, -0.2) is 0 Å². The molecule has 0 bridgehead atoms. The van der Waals surface area contributed by atoms with Crippen LogP contribution in [-0.4, -0.2) is 39.5 Å². The molecule has 2 fully saturated rings. The minimum atomic E-state index is -1.87. The van der Waals surface area contributed by atoms with Crippen LogP contribution in [0.15, 0.2) is 11.8 Å². The van der Waals surface area contributed by atoms with Crippen LogP contribution in [-0.2, 0) is 18.6 Å². The van der Waals surface area contributed by atoms with Gasteiger partial charge in [0.25, 0.3) is 0 Å². The highest BCUT2D eigenvalue weighted by Gasteiger charge is 2.61. The quantitative estimate of drug-likeness (QED) is 0.701. The minimum Gasteiger partial charge on any atom is -0.501 e. The standard InChI is InChI=1S/C19H34O4Si/c1-18(2,3)24(7,8)23-16-13-10-9-12(20-6)11-14(13)15-17(16)22-19(4,5)21-15/h9,13-17H,10-11H2,1-8H3/t13-,14+,15-,16+,17-/m0/s1. The molecule has 5 heteroatoms. The second-order valence-corrected chi connectivity index (χ2v) is 14.3. The number of hydrogen-bond acceptors (Lipinski definition) is 4. The van der Waals surface area contributed by atoms with Gasteiger partial charge in [-0.1, -0.05) is 20.8 Å². The van der Waals surface area contributed by atoms with Crippen LogP contribution >= 0.6 is 0 Å². The number of fused-ring (bicyclic) bond motifs is 3. The second kappa shape index (κ2) is 5.83. The fourth-order valence-electron chi connectivity index (χ4n) is 4.13. The van der Waals surface area contributed by atoms with E-state index in [1.54, 1.807) is 7.11 Å². The Morgan fingerprint density at radius 3 is 2.33 bits per heavy atom. The highest BCUT2D eigenvalue weighted by molar-refractivity contribution is 6.74. The van der Waals surface area contributed by atoms with Gasteiger partial charge < -0.3 is 18.6 Å². The van der Waals surface area contributed by atoms with Gasteiger partial charge in [0.2, 0.25) is 0 Å². The van der Waals surface area contributed by atoms with Crippen molar-refractivity contribution in [2.75, 3.05) is 7.11 Å². The van der Waals surface area contributed by atoms with Crippen molar-refractivity contribution in [2.45, 2.75) is 89.7 Å². The van der Waals surface area contributed by atoms with Crippen LogP contribution in [0.25, 0.3) is 0 Å². The second-order valence-electron chi connectivity index (χ2n) is 9.55. The highest BCUT2D eigenvalue weighted by Crippen LogP contribution is 2.53. The fraction of sp³-hybridized carbons (Fsp3) is 0.895. The van der Waals surface area contributed by atoms with E-state index in [1.807, 2.05) is 13.8 Å². The zero-order chi connectivity index (χ0) is 17.9. The summed E-state index contributed by atoms with van der Waals surface area (Å²) in [5, 5.41) is 0.192. The van der Waals surface area contributed by atoms with Crippen LogP contribution in [0.5, 0.6) is 0 Å². The van der Waals surface area contributed by atoms with Gasteiger partial charge in [0, 0.05) is 12.3 Å². The number of methoxy groups -OCH3 is 1. The molecule has 3 rings (SSSR count). The maximum Gasteiger partial charge on any atom is 0.192 e. The van der Waals surface area contributed by atoms with E-state index in [0.717, 1.165) is 18.6 Å². The van der Waals surface area contributed by atoms with Crippen LogP contribution in [0.2, 0.25) is 18.1 Å². The van der Waals surface area contributed by atoms with E-state index in [2.05, 4.69) is 39.9 Å². The lowest BCUT2D eigenvalue weighted by molar-refractivity contribution is -0.173. The average molecular weight is 355 g/mol. The van der Waals surface area contributed by atoms with Crippen molar-refractivity contribution in [1.29, 1.82) is 0 Å². The first-order valence-corrected chi connectivity index (χ1v) is 12.1. The lowest BCUT2D eigenvalue weighted by atomic mass is 9.83. The molecule has 1 aliphatic heterocycles. The summed E-state index contributed by atoms with van der Waals surface area (Å²) in [7, 11) is -0.103. The van der Waals surface area contributed by atoms with Crippen molar-refractivity contribution in [1.82, 2.24) is 0 Å². The monoisotopic (exact) mass is 354 g/mol. The van der Waals surface area contributed by atoms with Crippen molar-refractivity contribution in [3.8, 4) is 0 Å². The number of allylic oxidation sites excluding steroid dienone is 2. The van der Waals surface area contributed by atoms with E-state index in [4.69, 9.17) is 18.6 Å². The lowest BCUT2D eigenvalue weighted by Crippen LogP contribution is -2.48. The van der Waals surface area contributed by atoms with E-state index in [-0.39, 0.29) is 23.4 Å². The molecule has 5 atom stereocenters. The van der Waals surface area contributed by atoms with E-state index in [1.165, 1.54) is 0 Å². The Bertz CT molecular complexity index is 520. The SMILES string of the molecule is COC1=CC[C@H]2[C@@H](C1)[C@@H]1OC(C)(C)O[C@@H]1[C@@H]2O[Si](C)(C)C(C)(C)C. The maximum atomic E-state index is 6.87. The minimum absolute atomic E-state index is 0.0359. The van der Waals surface area contributed by atoms with Gasteiger partial charge in [-0.05, 0) is 50.4 Å². The third-order valence-electron chi connectivity index (χ3n) is 6.43. The molecule has 1 saturated carbocycles. The summed E-state index contributed by atoms with van der Waals surface area (Å²) in [5.41, 5.74) is 0. The van der Waals surface area contributed by atoms with Crippen LogP contribution < -0.4 is 0 Å². The third-order valence-corrected chi connectivity index (χ3v) is 10.9. The molecule has 1 heterocycles. The first kappa shape index (κ1) is 18.4. The first-order chi connectivity index (χ1) is 11.0. The Kier molecular flexibility index (Phi) is 4.48. The summed E-state index contributed by atoms with van der Waals surface area (Å²) < 4.78 is 25.0. The summed E-state index contributed by atoms with van der Waals surface area (Å²) in [6, 6.07) is 0. The molecule has 3 aliphatic rings. The fourth-order valence-corrected chi connectivity index (χ4v) is 5.47. The van der Waals surface area contributed by atoms with Crippen molar-refractivity contribution in [3.05, 3.63) is 11.8 Å². The molecule has 4 nitrogen and oxygen atoms in total. The third kappa shape index (κ3) is 3.09.